The molecule has 0 aliphatic heterocycles. The van der Waals surface area contributed by atoms with Crippen LogP contribution in [0.15, 0.2) is 24.3 Å². The maximum Gasteiger partial charge on any atom is 0.158 e. The molecule has 0 aromatic carbocycles. The first-order valence-corrected chi connectivity index (χ1v) is 4.97. The van der Waals surface area contributed by atoms with Crippen LogP contribution in [-0.4, -0.2) is 5.78 Å². The summed E-state index contributed by atoms with van der Waals surface area (Å²) in [4.78, 5) is 11.4. The Labute approximate surface area is 80.5 Å². The molecule has 0 bridgehead atoms. The number of hydrogen-bond acceptors (Lipinski definition) is 1. The summed E-state index contributed by atoms with van der Waals surface area (Å²) in [7, 11) is 0. The molecule has 0 spiro atoms. The SMILES string of the molecule is C=CC(=O)C(C)C1CC=C(C)CC1. The number of rotatable bonds is 3. The van der Waals surface area contributed by atoms with Gasteiger partial charge in [0.1, 0.15) is 0 Å². The van der Waals surface area contributed by atoms with Gasteiger partial charge >= 0.3 is 0 Å². The second kappa shape index (κ2) is 4.40. The van der Waals surface area contributed by atoms with Gasteiger partial charge in [0.15, 0.2) is 5.78 Å². The molecule has 2 atom stereocenters. The van der Waals surface area contributed by atoms with Crippen molar-refractivity contribution >= 4 is 5.78 Å². The fourth-order valence-electron chi connectivity index (χ4n) is 1.86. The molecule has 1 heteroatoms. The van der Waals surface area contributed by atoms with Crippen molar-refractivity contribution in [2.75, 3.05) is 0 Å². The number of ketones is 1. The maximum atomic E-state index is 11.4. The zero-order valence-corrected chi connectivity index (χ0v) is 8.55. The third-order valence-corrected chi connectivity index (χ3v) is 3.04. The fraction of sp³-hybridized carbons (Fsp3) is 0.583. The van der Waals surface area contributed by atoms with Gasteiger partial charge in [0, 0.05) is 5.92 Å². The predicted molar refractivity (Wildman–Crippen MR) is 55.5 cm³/mol. The van der Waals surface area contributed by atoms with Crippen LogP contribution in [0.4, 0.5) is 0 Å². The summed E-state index contributed by atoms with van der Waals surface area (Å²) >= 11 is 0. The molecular formula is C12H18O. The first-order chi connectivity index (χ1) is 6.15. The maximum absolute atomic E-state index is 11.4. The summed E-state index contributed by atoms with van der Waals surface area (Å²) in [5.41, 5.74) is 1.47. The van der Waals surface area contributed by atoms with E-state index < -0.39 is 0 Å². The minimum absolute atomic E-state index is 0.154. The molecule has 0 fully saturated rings. The average molecular weight is 178 g/mol. The lowest BCUT2D eigenvalue weighted by molar-refractivity contribution is -0.119. The van der Waals surface area contributed by atoms with E-state index in [1.165, 1.54) is 11.6 Å². The largest absolute Gasteiger partial charge is 0.295 e. The first-order valence-electron chi connectivity index (χ1n) is 4.97. The lowest BCUT2D eigenvalue weighted by Crippen LogP contribution is -2.20. The highest BCUT2D eigenvalue weighted by molar-refractivity contribution is 5.91. The number of hydrogen-bond donors (Lipinski definition) is 0. The molecule has 1 aliphatic carbocycles. The van der Waals surface area contributed by atoms with Gasteiger partial charge in [-0.1, -0.05) is 25.2 Å². The Hall–Kier alpha value is -0.850. The normalized spacial score (nSPS) is 24.8. The number of allylic oxidation sites excluding steroid dienone is 3. The van der Waals surface area contributed by atoms with Gasteiger partial charge in [0.05, 0.1) is 0 Å². The molecule has 2 unspecified atom stereocenters. The minimum atomic E-state index is 0.154. The van der Waals surface area contributed by atoms with Crippen molar-refractivity contribution < 1.29 is 4.79 Å². The summed E-state index contributed by atoms with van der Waals surface area (Å²) in [6, 6.07) is 0. The number of carbonyl (C=O) groups excluding carboxylic acids is 1. The van der Waals surface area contributed by atoms with E-state index in [0.29, 0.717) is 5.92 Å². The van der Waals surface area contributed by atoms with Crippen molar-refractivity contribution in [3.05, 3.63) is 24.3 Å². The van der Waals surface area contributed by atoms with Crippen LogP contribution in [0, 0.1) is 11.8 Å². The Kier molecular flexibility index (Phi) is 3.47. The van der Waals surface area contributed by atoms with Gasteiger partial charge in [0.25, 0.3) is 0 Å². The molecule has 1 rings (SSSR count). The lowest BCUT2D eigenvalue weighted by Gasteiger charge is -2.24. The van der Waals surface area contributed by atoms with Crippen LogP contribution in [0.5, 0.6) is 0 Å². The standard InChI is InChI=1S/C12H18O/c1-4-12(13)10(3)11-7-5-9(2)6-8-11/h4-5,10-11H,1,6-8H2,2-3H3. The Morgan fingerprint density at radius 2 is 2.46 bits per heavy atom. The summed E-state index contributed by atoms with van der Waals surface area (Å²) in [6.45, 7) is 7.71. The van der Waals surface area contributed by atoms with Crippen molar-refractivity contribution in [2.24, 2.45) is 11.8 Å². The lowest BCUT2D eigenvalue weighted by atomic mass is 9.80. The number of carbonyl (C=O) groups is 1. The summed E-state index contributed by atoms with van der Waals surface area (Å²) in [5.74, 6) is 0.883. The quantitative estimate of drug-likeness (QED) is 0.479. The second-order valence-corrected chi connectivity index (χ2v) is 3.98. The van der Waals surface area contributed by atoms with Gasteiger partial charge in [-0.15, -0.1) is 0 Å². The highest BCUT2D eigenvalue weighted by atomic mass is 16.1. The van der Waals surface area contributed by atoms with E-state index in [9.17, 15) is 4.79 Å². The monoisotopic (exact) mass is 178 g/mol. The molecule has 0 aromatic heterocycles. The van der Waals surface area contributed by atoms with E-state index >= 15 is 0 Å². The predicted octanol–water partition coefficient (Wildman–Crippen LogP) is 3.12. The van der Waals surface area contributed by atoms with Crippen molar-refractivity contribution in [3.63, 3.8) is 0 Å². The molecule has 0 radical (unpaired) electrons. The van der Waals surface area contributed by atoms with Gasteiger partial charge < -0.3 is 0 Å². The van der Waals surface area contributed by atoms with E-state index in [-0.39, 0.29) is 11.7 Å². The molecule has 0 N–H and O–H groups in total. The minimum Gasteiger partial charge on any atom is -0.295 e. The Bertz CT molecular complexity index is 238. The molecule has 0 amide bonds. The van der Waals surface area contributed by atoms with Gasteiger partial charge in [-0.25, -0.2) is 0 Å². The van der Waals surface area contributed by atoms with Crippen LogP contribution in [0.2, 0.25) is 0 Å². The highest BCUT2D eigenvalue weighted by Crippen LogP contribution is 2.29. The Balaban J connectivity index is 2.54. The van der Waals surface area contributed by atoms with E-state index in [4.69, 9.17) is 0 Å². The van der Waals surface area contributed by atoms with E-state index in [0.717, 1.165) is 19.3 Å². The van der Waals surface area contributed by atoms with Crippen molar-refractivity contribution in [1.29, 1.82) is 0 Å². The fourth-order valence-corrected chi connectivity index (χ4v) is 1.86. The third kappa shape index (κ3) is 2.55. The van der Waals surface area contributed by atoms with Crippen LogP contribution >= 0.6 is 0 Å². The molecule has 0 saturated heterocycles. The van der Waals surface area contributed by atoms with Crippen LogP contribution < -0.4 is 0 Å². The summed E-state index contributed by atoms with van der Waals surface area (Å²) in [5, 5.41) is 0. The molecule has 0 aromatic rings. The smallest absolute Gasteiger partial charge is 0.158 e. The van der Waals surface area contributed by atoms with Crippen molar-refractivity contribution in [2.45, 2.75) is 33.1 Å². The van der Waals surface area contributed by atoms with Crippen LogP contribution in [0.3, 0.4) is 0 Å². The molecule has 13 heavy (non-hydrogen) atoms. The zero-order chi connectivity index (χ0) is 9.84. The van der Waals surface area contributed by atoms with Gasteiger partial charge in [-0.3, -0.25) is 4.79 Å². The van der Waals surface area contributed by atoms with E-state index in [2.05, 4.69) is 19.6 Å². The van der Waals surface area contributed by atoms with Crippen molar-refractivity contribution in [1.82, 2.24) is 0 Å². The summed E-state index contributed by atoms with van der Waals surface area (Å²) < 4.78 is 0. The zero-order valence-electron chi connectivity index (χ0n) is 8.55. The second-order valence-electron chi connectivity index (χ2n) is 3.98. The van der Waals surface area contributed by atoms with Gasteiger partial charge in [-0.2, -0.15) is 0 Å². The van der Waals surface area contributed by atoms with Crippen molar-refractivity contribution in [3.8, 4) is 0 Å². The van der Waals surface area contributed by atoms with Gasteiger partial charge in [-0.05, 0) is 38.2 Å². The molecule has 1 aliphatic rings. The topological polar surface area (TPSA) is 17.1 Å². The molecule has 0 heterocycles. The van der Waals surface area contributed by atoms with Crippen LogP contribution in [0.25, 0.3) is 0 Å². The van der Waals surface area contributed by atoms with E-state index in [1.807, 2.05) is 6.92 Å². The van der Waals surface area contributed by atoms with E-state index in [1.54, 1.807) is 0 Å². The molecule has 0 saturated carbocycles. The highest BCUT2D eigenvalue weighted by Gasteiger charge is 2.22. The van der Waals surface area contributed by atoms with Gasteiger partial charge in [0.2, 0.25) is 0 Å². The Morgan fingerprint density at radius 1 is 1.77 bits per heavy atom. The molecular weight excluding hydrogens is 160 g/mol. The third-order valence-electron chi connectivity index (χ3n) is 3.04. The summed E-state index contributed by atoms with van der Waals surface area (Å²) in [6.07, 6.45) is 7.09. The Morgan fingerprint density at radius 3 is 2.92 bits per heavy atom. The molecule has 72 valence electrons. The van der Waals surface area contributed by atoms with Crippen LogP contribution in [0.1, 0.15) is 33.1 Å². The molecule has 1 nitrogen and oxygen atoms in total. The average Bonchev–Trinajstić information content (AvgIpc) is 2.17. The first kappa shape index (κ1) is 10.2. The van der Waals surface area contributed by atoms with Crippen LogP contribution in [-0.2, 0) is 4.79 Å².